The van der Waals surface area contributed by atoms with E-state index in [1.165, 1.54) is 57.8 Å². The molecule has 0 aromatic heterocycles. The Hall–Kier alpha value is 1.42. The van der Waals surface area contributed by atoms with Gasteiger partial charge in [-0.05, 0) is 86.1 Å². The molecule has 0 N–H and O–H groups in total. The number of halogens is 5. The van der Waals surface area contributed by atoms with Crippen molar-refractivity contribution in [2.24, 2.45) is 0 Å². The molecule has 24 heavy (non-hydrogen) atoms. The van der Waals surface area contributed by atoms with Crippen LogP contribution >= 0.6 is 79.6 Å². The van der Waals surface area contributed by atoms with Crippen molar-refractivity contribution in [2.75, 3.05) is 6.61 Å². The van der Waals surface area contributed by atoms with Crippen LogP contribution in [0.5, 0.6) is 5.75 Å². The van der Waals surface area contributed by atoms with Crippen LogP contribution in [0.15, 0.2) is 22.4 Å². The molecule has 0 fully saturated rings. The van der Waals surface area contributed by atoms with Crippen LogP contribution in [0.25, 0.3) is 0 Å². The second-order valence-electron chi connectivity index (χ2n) is 5.93. The SMILES string of the molecule is CCCCCCCCCCCCOc1c(Br)c(Br)c(Br)c(Br)c1Br. The lowest BCUT2D eigenvalue weighted by atomic mass is 10.1. The van der Waals surface area contributed by atoms with Crippen LogP contribution in [-0.2, 0) is 0 Å². The summed E-state index contributed by atoms with van der Waals surface area (Å²) in [4.78, 5) is 0. The Balaban J connectivity index is 2.20. The van der Waals surface area contributed by atoms with Gasteiger partial charge in [0, 0.05) is 4.47 Å². The molecule has 0 spiro atoms. The van der Waals surface area contributed by atoms with E-state index in [0.717, 1.165) is 41.1 Å². The fourth-order valence-electron chi connectivity index (χ4n) is 2.48. The smallest absolute Gasteiger partial charge is 0.150 e. The molecule has 1 aromatic carbocycles. The van der Waals surface area contributed by atoms with E-state index in [2.05, 4.69) is 86.6 Å². The summed E-state index contributed by atoms with van der Waals surface area (Å²) in [5.41, 5.74) is 0. The molecule has 6 heteroatoms. The molecule has 0 aliphatic rings. The van der Waals surface area contributed by atoms with Gasteiger partial charge in [0.1, 0.15) is 5.75 Å². The van der Waals surface area contributed by atoms with Gasteiger partial charge in [0.05, 0.1) is 24.5 Å². The molecule has 0 aliphatic carbocycles. The predicted molar refractivity (Wildman–Crippen MR) is 122 cm³/mol. The van der Waals surface area contributed by atoms with E-state index < -0.39 is 0 Å². The first-order valence-corrected chi connectivity index (χ1v) is 12.6. The molecule has 0 unspecified atom stereocenters. The Morgan fingerprint density at radius 3 is 1.38 bits per heavy atom. The lowest BCUT2D eigenvalue weighted by Crippen LogP contribution is -2.00. The minimum atomic E-state index is 0.744. The summed E-state index contributed by atoms with van der Waals surface area (Å²) in [7, 11) is 0. The van der Waals surface area contributed by atoms with Crippen LogP contribution in [0.3, 0.4) is 0 Å². The Labute approximate surface area is 188 Å². The predicted octanol–water partition coefficient (Wildman–Crippen LogP) is 9.80. The molecule has 0 heterocycles. The van der Waals surface area contributed by atoms with E-state index in [0.29, 0.717) is 0 Å². The summed E-state index contributed by atoms with van der Waals surface area (Å²) in [6.07, 6.45) is 13.3. The molecule has 0 saturated heterocycles. The molecule has 0 aliphatic heterocycles. The summed E-state index contributed by atoms with van der Waals surface area (Å²) in [6, 6.07) is 0. The van der Waals surface area contributed by atoms with Crippen LogP contribution in [-0.4, -0.2) is 6.61 Å². The Kier molecular flexibility index (Phi) is 13.3. The third-order valence-corrected chi connectivity index (χ3v) is 9.93. The maximum Gasteiger partial charge on any atom is 0.150 e. The zero-order chi connectivity index (χ0) is 17.9. The van der Waals surface area contributed by atoms with Crippen LogP contribution in [0, 0.1) is 0 Å². The number of hydrogen-bond donors (Lipinski definition) is 0. The van der Waals surface area contributed by atoms with E-state index in [4.69, 9.17) is 4.74 Å². The van der Waals surface area contributed by atoms with Crippen molar-refractivity contribution >= 4 is 79.6 Å². The monoisotopic (exact) mass is 652 g/mol. The standard InChI is InChI=1S/C18H25Br5O/c1-2-3-4-5-6-7-8-9-10-11-12-24-18-16(22)14(20)13(19)15(21)17(18)23/h2-12H2,1H3. The first kappa shape index (κ1) is 23.5. The minimum absolute atomic E-state index is 0.744. The van der Waals surface area contributed by atoms with Crippen LogP contribution in [0.2, 0.25) is 0 Å². The molecule has 138 valence electrons. The summed E-state index contributed by atoms with van der Waals surface area (Å²) < 4.78 is 10.7. The normalized spacial score (nSPS) is 11.1. The molecule has 0 radical (unpaired) electrons. The van der Waals surface area contributed by atoms with Gasteiger partial charge in [-0.1, -0.05) is 64.7 Å². The van der Waals surface area contributed by atoms with E-state index in [1.54, 1.807) is 0 Å². The average Bonchev–Trinajstić information content (AvgIpc) is 2.58. The van der Waals surface area contributed by atoms with Crippen LogP contribution < -0.4 is 4.74 Å². The summed E-state index contributed by atoms with van der Waals surface area (Å²) in [5.74, 6) is 0.841. The largest absolute Gasteiger partial charge is 0.491 e. The molecule has 0 saturated carbocycles. The average molecular weight is 657 g/mol. The van der Waals surface area contributed by atoms with Crippen LogP contribution in [0.1, 0.15) is 71.1 Å². The van der Waals surface area contributed by atoms with Crippen molar-refractivity contribution in [3.63, 3.8) is 0 Å². The Morgan fingerprint density at radius 2 is 0.917 bits per heavy atom. The Morgan fingerprint density at radius 1 is 0.542 bits per heavy atom. The second-order valence-corrected chi connectivity index (χ2v) is 9.89. The molecular weight excluding hydrogens is 632 g/mol. The summed E-state index contributed by atoms with van der Waals surface area (Å²) in [6.45, 7) is 3.01. The third kappa shape index (κ3) is 7.98. The molecular formula is C18H25Br5O. The number of benzene rings is 1. The van der Waals surface area contributed by atoms with Crippen molar-refractivity contribution in [3.05, 3.63) is 22.4 Å². The highest BCUT2D eigenvalue weighted by molar-refractivity contribution is 9.15. The highest BCUT2D eigenvalue weighted by atomic mass is 79.9. The van der Waals surface area contributed by atoms with Crippen molar-refractivity contribution < 1.29 is 4.74 Å². The maximum absolute atomic E-state index is 5.98. The Bertz CT molecular complexity index is 476. The van der Waals surface area contributed by atoms with Crippen LogP contribution in [0.4, 0.5) is 0 Å². The zero-order valence-electron chi connectivity index (χ0n) is 14.1. The van der Waals surface area contributed by atoms with E-state index in [9.17, 15) is 0 Å². The highest BCUT2D eigenvalue weighted by Crippen LogP contribution is 2.48. The lowest BCUT2D eigenvalue weighted by molar-refractivity contribution is 0.300. The van der Waals surface area contributed by atoms with Crippen molar-refractivity contribution in [1.29, 1.82) is 0 Å². The van der Waals surface area contributed by atoms with Crippen molar-refractivity contribution in [1.82, 2.24) is 0 Å². The van der Waals surface area contributed by atoms with E-state index in [1.807, 2.05) is 0 Å². The molecule has 1 aromatic rings. The first-order chi connectivity index (χ1) is 11.5. The summed E-state index contributed by atoms with van der Waals surface area (Å²) in [5, 5.41) is 0. The number of unbranched alkanes of at least 4 members (excludes halogenated alkanes) is 9. The van der Waals surface area contributed by atoms with Gasteiger partial charge in [-0.15, -0.1) is 0 Å². The maximum atomic E-state index is 5.98. The van der Waals surface area contributed by atoms with Gasteiger partial charge in [0.25, 0.3) is 0 Å². The summed E-state index contributed by atoms with van der Waals surface area (Å²) >= 11 is 17.9. The fourth-order valence-corrected chi connectivity index (χ4v) is 5.71. The van der Waals surface area contributed by atoms with Gasteiger partial charge < -0.3 is 4.74 Å². The minimum Gasteiger partial charge on any atom is -0.491 e. The number of ether oxygens (including phenoxy) is 1. The molecule has 1 nitrogen and oxygen atoms in total. The third-order valence-electron chi connectivity index (χ3n) is 3.91. The lowest BCUT2D eigenvalue weighted by Gasteiger charge is -2.14. The van der Waals surface area contributed by atoms with Crippen molar-refractivity contribution in [3.8, 4) is 5.75 Å². The first-order valence-electron chi connectivity index (χ1n) is 8.64. The second kappa shape index (κ2) is 13.6. The number of rotatable bonds is 12. The quantitative estimate of drug-likeness (QED) is 0.124. The van der Waals surface area contributed by atoms with Crippen molar-refractivity contribution in [2.45, 2.75) is 71.1 Å². The molecule has 0 amide bonds. The van der Waals surface area contributed by atoms with E-state index in [-0.39, 0.29) is 0 Å². The van der Waals surface area contributed by atoms with Gasteiger partial charge in [-0.3, -0.25) is 0 Å². The van der Waals surface area contributed by atoms with Gasteiger partial charge in [0.15, 0.2) is 0 Å². The highest BCUT2D eigenvalue weighted by Gasteiger charge is 2.18. The fraction of sp³-hybridized carbons (Fsp3) is 0.667. The van der Waals surface area contributed by atoms with Gasteiger partial charge in [-0.25, -0.2) is 0 Å². The van der Waals surface area contributed by atoms with Gasteiger partial charge in [0.2, 0.25) is 0 Å². The number of hydrogen-bond acceptors (Lipinski definition) is 1. The molecule has 0 atom stereocenters. The zero-order valence-corrected chi connectivity index (χ0v) is 22.0. The van der Waals surface area contributed by atoms with Gasteiger partial charge >= 0.3 is 0 Å². The van der Waals surface area contributed by atoms with E-state index >= 15 is 0 Å². The molecule has 0 bridgehead atoms. The topological polar surface area (TPSA) is 9.23 Å². The van der Waals surface area contributed by atoms with Gasteiger partial charge in [-0.2, -0.15) is 0 Å². The molecule has 1 rings (SSSR count).